The van der Waals surface area contributed by atoms with Gasteiger partial charge in [0.1, 0.15) is 5.82 Å². The molecule has 0 spiro atoms. The van der Waals surface area contributed by atoms with Crippen molar-refractivity contribution in [1.82, 2.24) is 9.88 Å². The van der Waals surface area contributed by atoms with Crippen LogP contribution in [-0.2, 0) is 0 Å². The molecule has 2 heterocycles. The highest BCUT2D eigenvalue weighted by atomic mass is 35.5. The summed E-state index contributed by atoms with van der Waals surface area (Å²) in [6.45, 7) is 0.546. The van der Waals surface area contributed by atoms with E-state index >= 15 is 0 Å². The zero-order valence-corrected chi connectivity index (χ0v) is 18.1. The summed E-state index contributed by atoms with van der Waals surface area (Å²) in [6, 6.07) is 9.58. The summed E-state index contributed by atoms with van der Waals surface area (Å²) in [6.07, 6.45) is 4.81. The molecule has 7 heteroatoms. The molecule has 7 rings (SSSR count). The van der Waals surface area contributed by atoms with Gasteiger partial charge in [-0.15, -0.1) is 0 Å². The minimum Gasteiger partial charge on any atom is -0.465 e. The Balaban J connectivity index is 1.30. The van der Waals surface area contributed by atoms with Crippen LogP contribution in [0.15, 0.2) is 30.3 Å². The van der Waals surface area contributed by atoms with Gasteiger partial charge in [0, 0.05) is 17.0 Å². The van der Waals surface area contributed by atoms with Crippen LogP contribution in [0.3, 0.4) is 0 Å². The molecule has 6 nitrogen and oxygen atoms in total. The SMILES string of the molecule is O=C(O)N1CCC(Nc2ccc3cc(Cl)ccc3n2)[C@H]1C1C2CC3C[C@H]1C[C@@](O)(C3)C2. The van der Waals surface area contributed by atoms with Crippen LogP contribution in [0.5, 0.6) is 0 Å². The van der Waals surface area contributed by atoms with E-state index in [0.717, 1.165) is 55.2 Å². The molecule has 4 aliphatic carbocycles. The van der Waals surface area contributed by atoms with E-state index in [9.17, 15) is 15.0 Å². The Morgan fingerprint density at radius 3 is 2.65 bits per heavy atom. The molecule has 4 unspecified atom stereocenters. The number of rotatable bonds is 3. The Kier molecular flexibility index (Phi) is 4.41. The number of pyridine rings is 1. The number of nitrogens with one attached hydrogen (secondary N) is 1. The third-order valence-electron chi connectivity index (χ3n) is 8.39. The van der Waals surface area contributed by atoms with E-state index in [1.165, 1.54) is 0 Å². The third kappa shape index (κ3) is 3.26. The van der Waals surface area contributed by atoms with Crippen molar-refractivity contribution in [2.75, 3.05) is 11.9 Å². The fourth-order valence-electron chi connectivity index (χ4n) is 7.62. The predicted molar refractivity (Wildman–Crippen MR) is 119 cm³/mol. The highest BCUT2D eigenvalue weighted by Crippen LogP contribution is 2.60. The Morgan fingerprint density at radius 2 is 1.94 bits per heavy atom. The van der Waals surface area contributed by atoms with Crippen molar-refractivity contribution in [3.8, 4) is 0 Å². The fraction of sp³-hybridized carbons (Fsp3) is 0.583. The number of amides is 1. The first-order valence-electron chi connectivity index (χ1n) is 11.4. The predicted octanol–water partition coefficient (Wildman–Crippen LogP) is 4.61. The molecule has 1 saturated heterocycles. The molecule has 1 aliphatic heterocycles. The number of anilines is 1. The quantitative estimate of drug-likeness (QED) is 0.647. The molecular weight excluding hydrogens is 414 g/mol. The van der Waals surface area contributed by atoms with E-state index in [1.54, 1.807) is 4.90 Å². The van der Waals surface area contributed by atoms with Crippen LogP contribution in [0.2, 0.25) is 5.02 Å². The summed E-state index contributed by atoms with van der Waals surface area (Å²) >= 11 is 6.09. The standard InChI is InChI=1S/C24H28ClN3O3/c25-17-2-3-18-14(9-17)1-4-20(26-18)27-19-5-6-28(23(29)30)22(19)21-15-7-13-8-16(21)12-24(31,10-13)11-15/h1-4,9,13,15-16,19,21-22,31H,5-8,10-12H2,(H,26,27)(H,29,30)/t13?,15-,16?,19?,21?,22-,24-/m0/s1. The number of nitrogens with zero attached hydrogens (tertiary/aromatic N) is 2. The van der Waals surface area contributed by atoms with Crippen molar-refractivity contribution in [3.05, 3.63) is 35.4 Å². The van der Waals surface area contributed by atoms with Crippen LogP contribution in [-0.4, -0.2) is 50.4 Å². The number of halogens is 1. The first kappa shape index (κ1) is 19.6. The van der Waals surface area contributed by atoms with Crippen LogP contribution in [0.1, 0.15) is 38.5 Å². The van der Waals surface area contributed by atoms with Crippen molar-refractivity contribution >= 4 is 34.4 Å². The number of benzene rings is 1. The maximum absolute atomic E-state index is 12.1. The first-order valence-corrected chi connectivity index (χ1v) is 11.8. The molecule has 4 saturated carbocycles. The Bertz CT molecular complexity index is 1030. The summed E-state index contributed by atoms with van der Waals surface area (Å²) in [4.78, 5) is 18.6. The van der Waals surface area contributed by atoms with Gasteiger partial charge in [0.25, 0.3) is 0 Å². The molecule has 31 heavy (non-hydrogen) atoms. The summed E-state index contributed by atoms with van der Waals surface area (Å²) < 4.78 is 0. The van der Waals surface area contributed by atoms with Crippen molar-refractivity contribution in [2.24, 2.45) is 23.7 Å². The normalized spacial score (nSPS) is 38.7. The van der Waals surface area contributed by atoms with Crippen molar-refractivity contribution in [2.45, 2.75) is 56.2 Å². The van der Waals surface area contributed by atoms with E-state index in [2.05, 4.69) is 5.32 Å². The molecular formula is C24H28ClN3O3. The lowest BCUT2D eigenvalue weighted by atomic mass is 9.48. The van der Waals surface area contributed by atoms with Crippen LogP contribution < -0.4 is 5.32 Å². The highest BCUT2D eigenvalue weighted by Gasteiger charge is 2.59. The molecule has 5 aliphatic rings. The third-order valence-corrected chi connectivity index (χ3v) is 8.63. The zero-order valence-electron chi connectivity index (χ0n) is 17.4. The average molecular weight is 442 g/mol. The maximum atomic E-state index is 12.1. The minimum atomic E-state index is -0.831. The van der Waals surface area contributed by atoms with E-state index in [-0.39, 0.29) is 12.1 Å². The van der Waals surface area contributed by atoms with Gasteiger partial charge in [-0.05, 0) is 92.5 Å². The number of hydrogen-bond acceptors (Lipinski definition) is 4. The van der Waals surface area contributed by atoms with Crippen LogP contribution >= 0.6 is 11.6 Å². The van der Waals surface area contributed by atoms with Gasteiger partial charge in [-0.2, -0.15) is 0 Å². The molecule has 1 amide bonds. The largest absolute Gasteiger partial charge is 0.465 e. The molecule has 7 atom stereocenters. The number of aliphatic hydroxyl groups is 1. The maximum Gasteiger partial charge on any atom is 0.407 e. The molecule has 164 valence electrons. The van der Waals surface area contributed by atoms with Gasteiger partial charge in [0.05, 0.1) is 23.2 Å². The van der Waals surface area contributed by atoms with Gasteiger partial charge in [0.15, 0.2) is 0 Å². The Labute approximate surface area is 186 Å². The van der Waals surface area contributed by atoms with Crippen LogP contribution in [0.4, 0.5) is 10.6 Å². The van der Waals surface area contributed by atoms with Crippen LogP contribution in [0.25, 0.3) is 10.9 Å². The molecule has 4 bridgehead atoms. The Morgan fingerprint density at radius 1 is 1.16 bits per heavy atom. The summed E-state index contributed by atoms with van der Waals surface area (Å²) in [7, 11) is 0. The van der Waals surface area contributed by atoms with Crippen molar-refractivity contribution in [3.63, 3.8) is 0 Å². The number of fused-ring (bicyclic) bond motifs is 1. The lowest BCUT2D eigenvalue weighted by Gasteiger charge is -2.60. The van der Waals surface area contributed by atoms with Crippen LogP contribution in [0, 0.1) is 23.7 Å². The van der Waals surface area contributed by atoms with Gasteiger partial charge in [-0.3, -0.25) is 0 Å². The second kappa shape index (κ2) is 6.97. The number of hydrogen-bond donors (Lipinski definition) is 3. The highest BCUT2D eigenvalue weighted by molar-refractivity contribution is 6.31. The monoisotopic (exact) mass is 441 g/mol. The minimum absolute atomic E-state index is 0.0329. The van der Waals surface area contributed by atoms with E-state index in [4.69, 9.17) is 16.6 Å². The molecule has 5 fully saturated rings. The van der Waals surface area contributed by atoms with E-state index in [0.29, 0.717) is 35.2 Å². The second-order valence-electron chi connectivity index (χ2n) is 10.3. The molecule has 2 aromatic rings. The van der Waals surface area contributed by atoms with Crippen molar-refractivity contribution in [1.29, 1.82) is 0 Å². The van der Waals surface area contributed by atoms with Gasteiger partial charge in [-0.25, -0.2) is 9.78 Å². The topological polar surface area (TPSA) is 85.7 Å². The van der Waals surface area contributed by atoms with Gasteiger partial charge < -0.3 is 20.4 Å². The summed E-state index contributed by atoms with van der Waals surface area (Å²) in [5.74, 6) is 2.53. The van der Waals surface area contributed by atoms with E-state index < -0.39 is 11.7 Å². The molecule has 0 radical (unpaired) electrons. The average Bonchev–Trinajstić information content (AvgIpc) is 3.10. The van der Waals surface area contributed by atoms with Gasteiger partial charge >= 0.3 is 6.09 Å². The van der Waals surface area contributed by atoms with E-state index in [1.807, 2.05) is 30.3 Å². The number of likely N-dealkylation sites (tertiary alicyclic amines) is 1. The Hall–Kier alpha value is -2.05. The van der Waals surface area contributed by atoms with Crippen molar-refractivity contribution < 1.29 is 15.0 Å². The zero-order chi connectivity index (χ0) is 21.3. The lowest BCUT2D eigenvalue weighted by molar-refractivity contribution is -0.162. The number of carbonyl (C=O) groups is 1. The lowest BCUT2D eigenvalue weighted by Crippen LogP contribution is -2.61. The van der Waals surface area contributed by atoms with Gasteiger partial charge in [-0.1, -0.05) is 11.6 Å². The number of aromatic nitrogens is 1. The number of carboxylic acid groups (broad SMARTS) is 1. The summed E-state index contributed by atoms with van der Waals surface area (Å²) in [5, 5.41) is 26.2. The first-order chi connectivity index (χ1) is 14.9. The fourth-order valence-corrected chi connectivity index (χ4v) is 7.80. The second-order valence-corrected chi connectivity index (χ2v) is 10.7. The smallest absolute Gasteiger partial charge is 0.407 e. The molecule has 1 aromatic heterocycles. The molecule has 3 N–H and O–H groups in total. The van der Waals surface area contributed by atoms with Gasteiger partial charge in [0.2, 0.25) is 0 Å². The molecule has 1 aromatic carbocycles. The summed E-state index contributed by atoms with van der Waals surface area (Å²) in [5.41, 5.74) is 0.361.